The number of aryl methyl sites for hydroxylation is 1. The average Bonchev–Trinajstić information content (AvgIpc) is 2.64. The van der Waals surface area contributed by atoms with E-state index in [1.54, 1.807) is 14.0 Å². The Balaban J connectivity index is 2.63. The molecule has 0 spiro atoms. The molecule has 0 unspecified atom stereocenters. The smallest absolute Gasteiger partial charge is 0.246 e. The Morgan fingerprint density at radius 2 is 1.95 bits per heavy atom. The lowest BCUT2D eigenvalue weighted by molar-refractivity contribution is 0.300. The number of hydrogen-bond donors (Lipinski definition) is 2. The largest absolute Gasteiger partial charge is 0.381 e. The third-order valence-corrected chi connectivity index (χ3v) is 5.04. The lowest BCUT2D eigenvalue weighted by Gasteiger charge is -2.17. The minimum Gasteiger partial charge on any atom is -0.381 e. The second-order valence-electron chi connectivity index (χ2n) is 4.70. The van der Waals surface area contributed by atoms with E-state index in [0.29, 0.717) is 12.2 Å². The SMILES string of the molecule is CCN(CC)CCCNS(=O)(=O)c1c(N)nn(C)c1C. The van der Waals surface area contributed by atoms with E-state index in [-0.39, 0.29) is 10.7 Å². The lowest BCUT2D eigenvalue weighted by Crippen LogP contribution is -2.30. The number of nitrogens with zero attached hydrogens (tertiary/aromatic N) is 3. The van der Waals surface area contributed by atoms with Crippen LogP contribution in [-0.2, 0) is 17.1 Å². The number of nitrogens with two attached hydrogens (primary N) is 1. The van der Waals surface area contributed by atoms with Gasteiger partial charge in [0.1, 0.15) is 4.90 Å². The van der Waals surface area contributed by atoms with Crippen LogP contribution in [-0.4, -0.2) is 49.3 Å². The topological polar surface area (TPSA) is 93.2 Å². The van der Waals surface area contributed by atoms with Crippen molar-refractivity contribution in [2.75, 3.05) is 31.9 Å². The Labute approximate surface area is 121 Å². The van der Waals surface area contributed by atoms with Gasteiger partial charge in [0, 0.05) is 13.6 Å². The molecule has 116 valence electrons. The van der Waals surface area contributed by atoms with Crippen LogP contribution in [0.25, 0.3) is 0 Å². The van der Waals surface area contributed by atoms with Crippen molar-refractivity contribution in [2.45, 2.75) is 32.1 Å². The van der Waals surface area contributed by atoms with Crippen molar-refractivity contribution in [1.82, 2.24) is 19.4 Å². The molecule has 8 heteroatoms. The highest BCUT2D eigenvalue weighted by atomic mass is 32.2. The first kappa shape index (κ1) is 16.9. The summed E-state index contributed by atoms with van der Waals surface area (Å²) in [5.41, 5.74) is 6.21. The second-order valence-corrected chi connectivity index (χ2v) is 6.41. The summed E-state index contributed by atoms with van der Waals surface area (Å²) in [6, 6.07) is 0. The van der Waals surface area contributed by atoms with Crippen molar-refractivity contribution < 1.29 is 8.42 Å². The Morgan fingerprint density at radius 1 is 1.35 bits per heavy atom. The van der Waals surface area contributed by atoms with Crippen LogP contribution in [0, 0.1) is 6.92 Å². The maximum Gasteiger partial charge on any atom is 0.246 e. The molecular weight excluding hydrogens is 278 g/mol. The fraction of sp³-hybridized carbons (Fsp3) is 0.750. The molecule has 0 aromatic carbocycles. The fourth-order valence-electron chi connectivity index (χ4n) is 2.07. The summed E-state index contributed by atoms with van der Waals surface area (Å²) in [5.74, 6) is 0.0428. The van der Waals surface area contributed by atoms with Crippen LogP contribution in [0.3, 0.4) is 0 Å². The fourth-order valence-corrected chi connectivity index (χ4v) is 3.46. The molecule has 0 bridgehead atoms. The zero-order valence-corrected chi connectivity index (χ0v) is 13.5. The molecular formula is C12H25N5O2S. The zero-order valence-electron chi connectivity index (χ0n) is 12.7. The van der Waals surface area contributed by atoms with Gasteiger partial charge in [-0.15, -0.1) is 0 Å². The molecule has 20 heavy (non-hydrogen) atoms. The molecule has 3 N–H and O–H groups in total. The molecule has 0 aliphatic carbocycles. The Morgan fingerprint density at radius 3 is 2.40 bits per heavy atom. The number of rotatable bonds is 8. The van der Waals surface area contributed by atoms with Crippen LogP contribution < -0.4 is 10.5 Å². The molecule has 1 aromatic rings. The van der Waals surface area contributed by atoms with Crippen LogP contribution in [0.4, 0.5) is 5.82 Å². The van der Waals surface area contributed by atoms with Gasteiger partial charge in [0.2, 0.25) is 10.0 Å². The zero-order chi connectivity index (χ0) is 15.3. The second kappa shape index (κ2) is 7.05. The molecule has 0 aliphatic rings. The van der Waals surface area contributed by atoms with Gasteiger partial charge in [-0.05, 0) is 33.0 Å². The van der Waals surface area contributed by atoms with Crippen LogP contribution >= 0.6 is 0 Å². The quantitative estimate of drug-likeness (QED) is 0.675. The van der Waals surface area contributed by atoms with Crippen molar-refractivity contribution in [3.05, 3.63) is 5.69 Å². The van der Waals surface area contributed by atoms with Gasteiger partial charge in [-0.1, -0.05) is 13.8 Å². The molecule has 0 atom stereocenters. The Kier molecular flexibility index (Phi) is 5.97. The summed E-state index contributed by atoms with van der Waals surface area (Å²) in [6.07, 6.45) is 0.764. The summed E-state index contributed by atoms with van der Waals surface area (Å²) in [5, 5.41) is 3.93. The maximum absolute atomic E-state index is 12.2. The maximum atomic E-state index is 12.2. The first-order valence-electron chi connectivity index (χ1n) is 6.84. The summed E-state index contributed by atoms with van der Waals surface area (Å²) in [4.78, 5) is 2.33. The van der Waals surface area contributed by atoms with Crippen LogP contribution in [0.15, 0.2) is 4.90 Å². The highest BCUT2D eigenvalue weighted by Gasteiger charge is 2.23. The average molecular weight is 303 g/mol. The minimum atomic E-state index is -3.59. The van der Waals surface area contributed by atoms with Gasteiger partial charge < -0.3 is 10.6 Å². The van der Waals surface area contributed by atoms with Crippen molar-refractivity contribution in [3.63, 3.8) is 0 Å². The van der Waals surface area contributed by atoms with Crippen molar-refractivity contribution in [1.29, 1.82) is 0 Å². The predicted octanol–water partition coefficient (Wildman–Crippen LogP) is 0.321. The molecule has 7 nitrogen and oxygen atoms in total. The van der Waals surface area contributed by atoms with Gasteiger partial charge >= 0.3 is 0 Å². The monoisotopic (exact) mass is 303 g/mol. The number of sulfonamides is 1. The first-order chi connectivity index (χ1) is 9.33. The molecule has 0 amide bonds. The third kappa shape index (κ3) is 3.94. The van der Waals surface area contributed by atoms with Gasteiger partial charge in [-0.3, -0.25) is 4.68 Å². The first-order valence-corrected chi connectivity index (χ1v) is 8.32. The lowest BCUT2D eigenvalue weighted by atomic mass is 10.4. The number of nitrogens with one attached hydrogen (secondary N) is 1. The summed E-state index contributed by atoms with van der Waals surface area (Å²) >= 11 is 0. The standard InChI is InChI=1S/C12H25N5O2S/c1-5-17(6-2)9-7-8-14-20(18,19)11-10(3)16(4)15-12(11)13/h14H,5-9H2,1-4H3,(H2,13,15). The van der Waals surface area contributed by atoms with Gasteiger partial charge in [0.15, 0.2) is 5.82 Å². The van der Waals surface area contributed by atoms with Gasteiger partial charge in [-0.2, -0.15) is 5.10 Å². The normalized spacial score (nSPS) is 12.2. The van der Waals surface area contributed by atoms with Gasteiger partial charge in [0.05, 0.1) is 5.69 Å². The van der Waals surface area contributed by atoms with E-state index in [1.807, 2.05) is 0 Å². The van der Waals surface area contributed by atoms with E-state index in [2.05, 4.69) is 28.6 Å². The highest BCUT2D eigenvalue weighted by Crippen LogP contribution is 2.20. The number of anilines is 1. The van der Waals surface area contributed by atoms with E-state index in [4.69, 9.17) is 5.73 Å². The molecule has 1 heterocycles. The molecule has 0 saturated carbocycles. The Hall–Kier alpha value is -1.12. The molecule has 1 aromatic heterocycles. The number of nitrogen functional groups attached to an aromatic ring is 1. The van der Waals surface area contributed by atoms with Gasteiger partial charge in [-0.25, -0.2) is 13.1 Å². The summed E-state index contributed by atoms with van der Waals surface area (Å²) in [7, 11) is -1.92. The third-order valence-electron chi connectivity index (χ3n) is 3.41. The van der Waals surface area contributed by atoms with Crippen LogP contribution in [0.5, 0.6) is 0 Å². The van der Waals surface area contributed by atoms with Crippen molar-refractivity contribution in [3.8, 4) is 0 Å². The summed E-state index contributed by atoms with van der Waals surface area (Å²) < 4.78 is 28.5. The van der Waals surface area contributed by atoms with E-state index < -0.39 is 10.0 Å². The molecule has 0 saturated heterocycles. The molecule has 0 aliphatic heterocycles. The Bertz CT molecular complexity index is 534. The number of hydrogen-bond acceptors (Lipinski definition) is 5. The van der Waals surface area contributed by atoms with E-state index in [1.165, 1.54) is 4.68 Å². The van der Waals surface area contributed by atoms with Gasteiger partial charge in [0.25, 0.3) is 0 Å². The van der Waals surface area contributed by atoms with Crippen LogP contribution in [0.2, 0.25) is 0 Å². The molecule has 1 rings (SSSR count). The van der Waals surface area contributed by atoms with Crippen molar-refractivity contribution in [2.24, 2.45) is 7.05 Å². The van der Waals surface area contributed by atoms with E-state index >= 15 is 0 Å². The van der Waals surface area contributed by atoms with E-state index in [0.717, 1.165) is 26.1 Å². The predicted molar refractivity (Wildman–Crippen MR) is 80.0 cm³/mol. The molecule has 0 fully saturated rings. The molecule has 0 radical (unpaired) electrons. The highest BCUT2D eigenvalue weighted by molar-refractivity contribution is 7.89. The summed E-state index contributed by atoms with van der Waals surface area (Å²) in [6.45, 7) is 9.08. The van der Waals surface area contributed by atoms with E-state index in [9.17, 15) is 8.42 Å². The van der Waals surface area contributed by atoms with Crippen LogP contribution in [0.1, 0.15) is 26.0 Å². The number of aromatic nitrogens is 2. The van der Waals surface area contributed by atoms with Crippen molar-refractivity contribution >= 4 is 15.8 Å². The minimum absolute atomic E-state index is 0.0428.